The Hall–Kier alpha value is -2.42. The highest BCUT2D eigenvalue weighted by Crippen LogP contribution is 2.60. The first-order chi connectivity index (χ1) is 13.1. The molecule has 4 bridgehead atoms. The topological polar surface area (TPSA) is 49.7 Å². The summed E-state index contributed by atoms with van der Waals surface area (Å²) in [5.41, 5.74) is 3.70. The minimum atomic E-state index is -0.922. The van der Waals surface area contributed by atoms with Gasteiger partial charge in [-0.2, -0.15) is 0 Å². The van der Waals surface area contributed by atoms with Gasteiger partial charge in [-0.1, -0.05) is 30.3 Å². The molecule has 0 radical (unpaired) electrons. The molecule has 1 N–H and O–H groups in total. The second-order valence-corrected chi connectivity index (χ2v) is 8.90. The Labute approximate surface area is 160 Å². The molecule has 3 nitrogen and oxygen atoms in total. The summed E-state index contributed by atoms with van der Waals surface area (Å²) < 4.78 is 0. The van der Waals surface area contributed by atoms with E-state index >= 15 is 0 Å². The molecular weight excluding hydrogens is 334 g/mol. The first-order valence-electron chi connectivity index (χ1n) is 10.1. The summed E-state index contributed by atoms with van der Waals surface area (Å²) in [7, 11) is 0. The fourth-order valence-corrected chi connectivity index (χ4v) is 6.31. The molecule has 0 saturated heterocycles. The molecule has 0 atom stereocenters. The summed E-state index contributed by atoms with van der Waals surface area (Å²) >= 11 is 0. The predicted molar refractivity (Wildman–Crippen MR) is 107 cm³/mol. The largest absolute Gasteiger partial charge is 0.478 e. The van der Waals surface area contributed by atoms with Crippen molar-refractivity contribution in [2.75, 3.05) is 0 Å². The van der Waals surface area contributed by atoms with E-state index < -0.39 is 5.97 Å². The van der Waals surface area contributed by atoms with Crippen LogP contribution in [0.2, 0.25) is 0 Å². The zero-order chi connectivity index (χ0) is 18.4. The maximum absolute atomic E-state index is 11.3. The van der Waals surface area contributed by atoms with Gasteiger partial charge in [-0.25, -0.2) is 4.79 Å². The third-order valence-corrected chi connectivity index (χ3v) is 7.06. The van der Waals surface area contributed by atoms with Crippen molar-refractivity contribution in [3.63, 3.8) is 0 Å². The molecule has 138 valence electrons. The molecule has 4 saturated carbocycles. The lowest BCUT2D eigenvalue weighted by Crippen LogP contribution is -2.48. The van der Waals surface area contributed by atoms with Gasteiger partial charge >= 0.3 is 5.97 Å². The van der Waals surface area contributed by atoms with Crippen LogP contribution in [-0.2, 0) is 5.41 Å². The molecule has 0 amide bonds. The summed E-state index contributed by atoms with van der Waals surface area (Å²) in [5.74, 6) is 1.92. The molecule has 2 aromatic rings. The maximum atomic E-state index is 11.3. The van der Waals surface area contributed by atoms with Gasteiger partial charge in [-0.15, -0.1) is 0 Å². The number of carboxylic acid groups (broad SMARTS) is 1. The van der Waals surface area contributed by atoms with Gasteiger partial charge in [-0.3, -0.25) is 4.99 Å². The fraction of sp³-hybridized carbons (Fsp3) is 0.417. The van der Waals surface area contributed by atoms with Crippen LogP contribution in [0.5, 0.6) is 0 Å². The smallest absolute Gasteiger partial charge is 0.336 e. The molecule has 0 heterocycles. The summed E-state index contributed by atoms with van der Waals surface area (Å²) in [4.78, 5) is 15.8. The van der Waals surface area contributed by atoms with Crippen molar-refractivity contribution in [3.8, 4) is 0 Å². The Morgan fingerprint density at radius 2 is 1.52 bits per heavy atom. The minimum Gasteiger partial charge on any atom is -0.478 e. The van der Waals surface area contributed by atoms with Gasteiger partial charge in [0.1, 0.15) is 0 Å². The van der Waals surface area contributed by atoms with E-state index in [1.165, 1.54) is 44.1 Å². The van der Waals surface area contributed by atoms with Crippen LogP contribution in [0.3, 0.4) is 0 Å². The third-order valence-electron chi connectivity index (χ3n) is 7.06. The van der Waals surface area contributed by atoms with E-state index in [1.807, 2.05) is 6.07 Å². The zero-order valence-corrected chi connectivity index (χ0v) is 15.5. The van der Waals surface area contributed by atoms with Gasteiger partial charge < -0.3 is 5.11 Å². The molecule has 27 heavy (non-hydrogen) atoms. The van der Waals surface area contributed by atoms with Crippen molar-refractivity contribution in [2.24, 2.45) is 22.7 Å². The molecule has 4 fully saturated rings. The van der Waals surface area contributed by atoms with E-state index in [2.05, 4.69) is 29.3 Å². The number of nitrogens with zero attached hydrogens (tertiary/aromatic N) is 1. The highest BCUT2D eigenvalue weighted by Gasteiger charge is 2.51. The predicted octanol–water partition coefficient (Wildman–Crippen LogP) is 5.60. The normalized spacial score (nSPS) is 31.5. The van der Waals surface area contributed by atoms with Crippen molar-refractivity contribution < 1.29 is 9.90 Å². The van der Waals surface area contributed by atoms with E-state index in [0.29, 0.717) is 11.0 Å². The molecule has 0 spiro atoms. The van der Waals surface area contributed by atoms with E-state index in [4.69, 9.17) is 0 Å². The molecule has 0 aromatic heterocycles. The lowest BCUT2D eigenvalue weighted by molar-refractivity contribution is -0.00518. The SMILES string of the molecule is O=C(O)c1ccccc1C=Nc1ccc(C23CC4CC(CC(C4)C2)C3)cc1. The number of rotatable bonds is 4. The summed E-state index contributed by atoms with van der Waals surface area (Å²) in [5, 5.41) is 9.29. The lowest BCUT2D eigenvalue weighted by atomic mass is 9.48. The quantitative estimate of drug-likeness (QED) is 0.722. The van der Waals surface area contributed by atoms with Crippen molar-refractivity contribution in [1.82, 2.24) is 0 Å². The molecule has 4 aliphatic rings. The van der Waals surface area contributed by atoms with Gasteiger partial charge in [0, 0.05) is 11.8 Å². The van der Waals surface area contributed by atoms with E-state index in [0.717, 1.165) is 23.4 Å². The Morgan fingerprint density at radius 3 is 2.11 bits per heavy atom. The Kier molecular flexibility index (Phi) is 3.92. The molecule has 6 rings (SSSR count). The standard InChI is InChI=1S/C24H25NO2/c26-23(27)22-4-2-1-3-19(22)15-25-21-7-5-20(6-8-21)24-12-16-9-17(13-24)11-18(10-16)14-24/h1-8,15-18H,9-14H2,(H,26,27). The van der Waals surface area contributed by atoms with Crippen LogP contribution >= 0.6 is 0 Å². The van der Waals surface area contributed by atoms with Crippen LogP contribution in [0.15, 0.2) is 53.5 Å². The second kappa shape index (κ2) is 6.33. The van der Waals surface area contributed by atoms with Crippen molar-refractivity contribution in [2.45, 2.75) is 43.9 Å². The van der Waals surface area contributed by atoms with Crippen LogP contribution in [0.4, 0.5) is 5.69 Å². The van der Waals surface area contributed by atoms with Crippen LogP contribution in [0.25, 0.3) is 0 Å². The maximum Gasteiger partial charge on any atom is 0.336 e. The number of aliphatic imine (C=N–C) groups is 1. The first-order valence-corrected chi connectivity index (χ1v) is 10.1. The first kappa shape index (κ1) is 16.7. The van der Waals surface area contributed by atoms with E-state index in [1.54, 1.807) is 24.4 Å². The Bertz CT molecular complexity index is 862. The molecule has 2 aromatic carbocycles. The minimum absolute atomic E-state index is 0.284. The van der Waals surface area contributed by atoms with Gasteiger partial charge in [0.15, 0.2) is 0 Å². The monoisotopic (exact) mass is 359 g/mol. The van der Waals surface area contributed by atoms with Gasteiger partial charge in [0.05, 0.1) is 11.3 Å². The highest BCUT2D eigenvalue weighted by atomic mass is 16.4. The summed E-state index contributed by atoms with van der Waals surface area (Å²) in [6, 6.07) is 15.7. The van der Waals surface area contributed by atoms with E-state index in [-0.39, 0.29) is 5.56 Å². The molecule has 4 aliphatic carbocycles. The number of carboxylic acids is 1. The lowest BCUT2D eigenvalue weighted by Gasteiger charge is -2.57. The number of hydrogen-bond donors (Lipinski definition) is 1. The summed E-state index contributed by atoms with van der Waals surface area (Å²) in [6.07, 6.45) is 10.2. The number of benzene rings is 2. The van der Waals surface area contributed by atoms with E-state index in [9.17, 15) is 9.90 Å². The Balaban J connectivity index is 1.38. The highest BCUT2D eigenvalue weighted by molar-refractivity contribution is 5.98. The fourth-order valence-electron chi connectivity index (χ4n) is 6.31. The molecular formula is C24H25NO2. The van der Waals surface area contributed by atoms with Gasteiger partial charge in [0.2, 0.25) is 0 Å². The van der Waals surface area contributed by atoms with Crippen molar-refractivity contribution in [3.05, 3.63) is 65.2 Å². The zero-order valence-electron chi connectivity index (χ0n) is 15.5. The average molecular weight is 359 g/mol. The summed E-state index contributed by atoms with van der Waals surface area (Å²) in [6.45, 7) is 0. The van der Waals surface area contributed by atoms with Crippen LogP contribution in [0.1, 0.15) is 60.0 Å². The molecule has 0 unspecified atom stereocenters. The number of hydrogen-bond acceptors (Lipinski definition) is 2. The average Bonchev–Trinajstić information content (AvgIpc) is 2.66. The second-order valence-electron chi connectivity index (χ2n) is 8.90. The van der Waals surface area contributed by atoms with Gasteiger partial charge in [-0.05, 0) is 85.5 Å². The van der Waals surface area contributed by atoms with Crippen molar-refractivity contribution >= 4 is 17.9 Å². The third kappa shape index (κ3) is 2.99. The Morgan fingerprint density at radius 1 is 0.926 bits per heavy atom. The van der Waals surface area contributed by atoms with Crippen LogP contribution in [0, 0.1) is 17.8 Å². The van der Waals surface area contributed by atoms with Gasteiger partial charge in [0.25, 0.3) is 0 Å². The molecule has 0 aliphatic heterocycles. The van der Waals surface area contributed by atoms with Crippen LogP contribution in [-0.4, -0.2) is 17.3 Å². The number of carbonyl (C=O) groups is 1. The number of aromatic carboxylic acids is 1. The van der Waals surface area contributed by atoms with Crippen LogP contribution < -0.4 is 0 Å². The van der Waals surface area contributed by atoms with Crippen molar-refractivity contribution in [1.29, 1.82) is 0 Å². The molecule has 3 heteroatoms.